The van der Waals surface area contributed by atoms with Crippen LogP contribution >= 0.6 is 11.8 Å². The monoisotopic (exact) mass is 304 g/mol. The number of carbonyl (C=O) groups excluding carboxylic acids is 2. The Hall–Kier alpha value is -1.75. The van der Waals surface area contributed by atoms with Crippen LogP contribution in [0.15, 0.2) is 40.1 Å². The van der Waals surface area contributed by atoms with Crippen molar-refractivity contribution in [1.29, 1.82) is 0 Å². The summed E-state index contributed by atoms with van der Waals surface area (Å²) in [6.07, 6.45) is 1.40. The molecular formula is C16H20N2O2S. The Balaban J connectivity index is 2.20. The molecule has 0 aromatic heterocycles. The van der Waals surface area contributed by atoms with Gasteiger partial charge in [-0.1, -0.05) is 37.7 Å². The number of thioether (sulfide) groups is 1. The summed E-state index contributed by atoms with van der Waals surface area (Å²) in [6.45, 7) is 6.05. The summed E-state index contributed by atoms with van der Waals surface area (Å²) >= 11 is 1.34. The van der Waals surface area contributed by atoms with Gasteiger partial charge in [0.25, 0.3) is 5.91 Å². The first-order valence-corrected chi connectivity index (χ1v) is 7.79. The van der Waals surface area contributed by atoms with Crippen LogP contribution in [-0.4, -0.2) is 24.9 Å². The first kappa shape index (κ1) is 15.6. The smallest absolute Gasteiger partial charge is 0.265 e. The van der Waals surface area contributed by atoms with Crippen molar-refractivity contribution in [2.45, 2.75) is 31.7 Å². The molecule has 1 atom stereocenters. The summed E-state index contributed by atoms with van der Waals surface area (Å²) in [5.74, 6) is -0.0173. The maximum absolute atomic E-state index is 12.3. The Bertz CT molecular complexity index is 596. The highest BCUT2D eigenvalue weighted by atomic mass is 32.2. The molecule has 1 aromatic rings. The van der Waals surface area contributed by atoms with E-state index in [9.17, 15) is 9.59 Å². The molecule has 2 rings (SSSR count). The number of para-hydroxylation sites is 1. The minimum absolute atomic E-state index is 0.0723. The van der Waals surface area contributed by atoms with Crippen LogP contribution in [0, 0.1) is 5.92 Å². The average molecular weight is 304 g/mol. The SMILES string of the molecule is CC(C)[C@H](C)NC(=O)/C=C1/Sc2ccccc2N(C)C1=O. The predicted molar refractivity (Wildman–Crippen MR) is 86.2 cm³/mol. The fourth-order valence-electron chi connectivity index (χ4n) is 1.90. The molecular weight excluding hydrogens is 284 g/mol. The molecule has 0 spiro atoms. The minimum Gasteiger partial charge on any atom is -0.350 e. The van der Waals surface area contributed by atoms with E-state index >= 15 is 0 Å². The molecule has 0 radical (unpaired) electrons. The molecule has 112 valence electrons. The zero-order valence-corrected chi connectivity index (χ0v) is 13.5. The third-order valence-corrected chi connectivity index (χ3v) is 4.67. The van der Waals surface area contributed by atoms with Crippen LogP contribution in [-0.2, 0) is 9.59 Å². The third kappa shape index (κ3) is 3.47. The highest BCUT2D eigenvalue weighted by molar-refractivity contribution is 8.04. The average Bonchev–Trinajstić information content (AvgIpc) is 2.44. The van der Waals surface area contributed by atoms with Crippen LogP contribution in [0.3, 0.4) is 0 Å². The zero-order valence-electron chi connectivity index (χ0n) is 12.7. The number of hydrogen-bond donors (Lipinski definition) is 1. The lowest BCUT2D eigenvalue weighted by molar-refractivity contribution is -0.118. The lowest BCUT2D eigenvalue weighted by Gasteiger charge is -2.26. The van der Waals surface area contributed by atoms with Crippen LogP contribution in [0.1, 0.15) is 20.8 Å². The molecule has 1 aliphatic heterocycles. The summed E-state index contributed by atoms with van der Waals surface area (Å²) in [7, 11) is 1.73. The molecule has 2 amide bonds. The highest BCUT2D eigenvalue weighted by Gasteiger charge is 2.26. The second-order valence-corrected chi connectivity index (χ2v) is 6.57. The van der Waals surface area contributed by atoms with Gasteiger partial charge < -0.3 is 10.2 Å². The number of nitrogens with zero attached hydrogens (tertiary/aromatic N) is 1. The van der Waals surface area contributed by atoms with Gasteiger partial charge in [-0.2, -0.15) is 0 Å². The summed E-state index contributed by atoms with van der Waals surface area (Å²) in [4.78, 5) is 27.3. The molecule has 0 unspecified atom stereocenters. The molecule has 5 heteroatoms. The van der Waals surface area contributed by atoms with E-state index in [1.807, 2.05) is 45.0 Å². The van der Waals surface area contributed by atoms with Gasteiger partial charge in [0, 0.05) is 24.1 Å². The molecule has 1 aliphatic rings. The van der Waals surface area contributed by atoms with E-state index in [1.165, 1.54) is 17.8 Å². The maximum Gasteiger partial charge on any atom is 0.265 e. The summed E-state index contributed by atoms with van der Waals surface area (Å²) < 4.78 is 0. The van der Waals surface area contributed by atoms with Crippen molar-refractivity contribution < 1.29 is 9.59 Å². The Morgan fingerprint density at radius 1 is 1.29 bits per heavy atom. The first-order chi connectivity index (χ1) is 9.90. The number of likely N-dealkylation sites (N-methyl/N-ethyl adjacent to an activating group) is 1. The highest BCUT2D eigenvalue weighted by Crippen LogP contribution is 2.40. The Kier molecular flexibility index (Phi) is 4.73. The van der Waals surface area contributed by atoms with E-state index in [-0.39, 0.29) is 17.9 Å². The minimum atomic E-state index is -0.222. The third-order valence-electron chi connectivity index (χ3n) is 3.59. The van der Waals surface area contributed by atoms with Crippen LogP contribution in [0.2, 0.25) is 0 Å². The molecule has 1 heterocycles. The lowest BCUT2D eigenvalue weighted by Crippen LogP contribution is -2.36. The van der Waals surface area contributed by atoms with Gasteiger partial charge in [-0.15, -0.1) is 0 Å². The number of hydrogen-bond acceptors (Lipinski definition) is 3. The largest absolute Gasteiger partial charge is 0.350 e. The van der Waals surface area contributed by atoms with E-state index in [2.05, 4.69) is 5.32 Å². The molecule has 1 N–H and O–H groups in total. The number of nitrogens with one attached hydrogen (secondary N) is 1. The van der Waals surface area contributed by atoms with Crippen molar-refractivity contribution >= 4 is 29.3 Å². The van der Waals surface area contributed by atoms with Crippen molar-refractivity contribution in [2.24, 2.45) is 5.92 Å². The van der Waals surface area contributed by atoms with Crippen molar-refractivity contribution in [3.05, 3.63) is 35.2 Å². The zero-order chi connectivity index (χ0) is 15.6. The first-order valence-electron chi connectivity index (χ1n) is 6.97. The van der Waals surface area contributed by atoms with Crippen molar-refractivity contribution in [1.82, 2.24) is 5.32 Å². The topological polar surface area (TPSA) is 49.4 Å². The van der Waals surface area contributed by atoms with E-state index in [0.29, 0.717) is 10.8 Å². The van der Waals surface area contributed by atoms with E-state index in [0.717, 1.165) is 10.6 Å². The van der Waals surface area contributed by atoms with Crippen molar-refractivity contribution in [3.8, 4) is 0 Å². The molecule has 0 fully saturated rings. The molecule has 21 heavy (non-hydrogen) atoms. The summed E-state index contributed by atoms with van der Waals surface area (Å²) in [5, 5.41) is 2.89. The van der Waals surface area contributed by atoms with Crippen molar-refractivity contribution in [2.75, 3.05) is 11.9 Å². The van der Waals surface area contributed by atoms with Gasteiger partial charge in [0.1, 0.15) is 0 Å². The van der Waals surface area contributed by atoms with Gasteiger partial charge in [0.2, 0.25) is 5.91 Å². The van der Waals surface area contributed by atoms with E-state index in [4.69, 9.17) is 0 Å². The molecule has 0 saturated heterocycles. The molecule has 0 bridgehead atoms. The van der Waals surface area contributed by atoms with Gasteiger partial charge in [-0.25, -0.2) is 0 Å². The standard InChI is InChI=1S/C16H20N2O2S/c1-10(2)11(3)17-15(19)9-14-16(20)18(4)12-7-5-6-8-13(12)21-14/h5-11H,1-4H3,(H,17,19)/b14-9+/t11-/m0/s1. The fraction of sp³-hybridized carbons (Fsp3) is 0.375. The lowest BCUT2D eigenvalue weighted by atomic mass is 10.1. The second-order valence-electron chi connectivity index (χ2n) is 5.48. The number of amides is 2. The second kappa shape index (κ2) is 6.35. The number of carbonyl (C=O) groups is 2. The maximum atomic E-state index is 12.3. The van der Waals surface area contributed by atoms with Gasteiger partial charge in [0.05, 0.1) is 10.6 Å². The Morgan fingerprint density at radius 3 is 2.62 bits per heavy atom. The van der Waals surface area contributed by atoms with Crippen LogP contribution in [0.4, 0.5) is 5.69 Å². The van der Waals surface area contributed by atoms with Gasteiger partial charge in [0.15, 0.2) is 0 Å². The Morgan fingerprint density at radius 2 is 1.95 bits per heavy atom. The van der Waals surface area contributed by atoms with E-state index < -0.39 is 0 Å². The van der Waals surface area contributed by atoms with Crippen molar-refractivity contribution in [3.63, 3.8) is 0 Å². The quantitative estimate of drug-likeness (QED) is 0.874. The number of fused-ring (bicyclic) bond motifs is 1. The van der Waals surface area contributed by atoms with Crippen LogP contribution in [0.5, 0.6) is 0 Å². The summed E-state index contributed by atoms with van der Waals surface area (Å²) in [6, 6.07) is 7.75. The number of benzene rings is 1. The summed E-state index contributed by atoms with van der Waals surface area (Å²) in [5.41, 5.74) is 0.876. The van der Waals surface area contributed by atoms with Crippen LogP contribution in [0.25, 0.3) is 0 Å². The molecule has 4 nitrogen and oxygen atoms in total. The van der Waals surface area contributed by atoms with Gasteiger partial charge >= 0.3 is 0 Å². The number of rotatable bonds is 3. The fourth-order valence-corrected chi connectivity index (χ4v) is 2.98. The normalized spacial score (nSPS) is 17.9. The van der Waals surface area contributed by atoms with Gasteiger partial charge in [-0.3, -0.25) is 9.59 Å². The molecule has 0 aliphatic carbocycles. The predicted octanol–water partition coefficient (Wildman–Crippen LogP) is 2.80. The molecule has 1 aromatic carbocycles. The van der Waals surface area contributed by atoms with Gasteiger partial charge in [-0.05, 0) is 25.0 Å². The van der Waals surface area contributed by atoms with E-state index in [1.54, 1.807) is 11.9 Å². The molecule has 0 saturated carbocycles. The number of anilines is 1. The Labute approximate surface area is 129 Å². The van der Waals surface area contributed by atoms with Crippen LogP contribution < -0.4 is 10.2 Å².